The van der Waals surface area contributed by atoms with Gasteiger partial charge in [-0.1, -0.05) is 0 Å². The molecule has 3 N–H and O–H groups in total. The van der Waals surface area contributed by atoms with E-state index >= 15 is 0 Å². The Balaban J connectivity index is 1.60. The van der Waals surface area contributed by atoms with Crippen molar-refractivity contribution in [3.8, 4) is 5.75 Å². The number of piperidine rings is 1. The first-order valence-corrected chi connectivity index (χ1v) is 9.52. The van der Waals surface area contributed by atoms with Gasteiger partial charge in [-0.05, 0) is 55.3 Å². The molecule has 0 amide bonds. The molecule has 0 aromatic heterocycles. The summed E-state index contributed by atoms with van der Waals surface area (Å²) in [5.74, 6) is 0.807. The zero-order chi connectivity index (χ0) is 19.9. The summed E-state index contributed by atoms with van der Waals surface area (Å²) >= 11 is 0. The predicted molar refractivity (Wildman–Crippen MR) is 111 cm³/mol. The zero-order valence-electron chi connectivity index (χ0n) is 16.2. The van der Waals surface area contributed by atoms with Crippen LogP contribution in [0.5, 0.6) is 5.75 Å². The van der Waals surface area contributed by atoms with Gasteiger partial charge >= 0.3 is 0 Å². The number of hydrogen-bond donors (Lipinski definition) is 2. The zero-order valence-corrected chi connectivity index (χ0v) is 16.2. The van der Waals surface area contributed by atoms with Crippen molar-refractivity contribution in [2.24, 2.45) is 0 Å². The van der Waals surface area contributed by atoms with Gasteiger partial charge in [0.2, 0.25) is 0 Å². The van der Waals surface area contributed by atoms with Crippen LogP contribution in [0.2, 0.25) is 0 Å². The van der Waals surface area contributed by atoms with Gasteiger partial charge in [-0.2, -0.15) is 0 Å². The fraction of sp³-hybridized carbons (Fsp3) is 0.364. The second kappa shape index (κ2) is 9.48. The van der Waals surface area contributed by atoms with E-state index in [9.17, 15) is 4.79 Å². The molecular formula is C22H27N3O3. The minimum absolute atomic E-state index is 0.212. The highest BCUT2D eigenvalue weighted by Gasteiger charge is 2.20. The number of hydrogen-bond acceptors (Lipinski definition) is 6. The number of nitrogen functional groups attached to an aromatic ring is 1. The van der Waals surface area contributed by atoms with E-state index in [1.54, 1.807) is 25.3 Å². The minimum atomic E-state index is 0.212. The van der Waals surface area contributed by atoms with Crippen LogP contribution in [0, 0.1) is 5.41 Å². The van der Waals surface area contributed by atoms with Crippen LogP contribution in [0.3, 0.4) is 0 Å². The van der Waals surface area contributed by atoms with E-state index in [2.05, 4.69) is 4.90 Å². The number of nitrogens with one attached hydrogen (secondary N) is 1. The third-order valence-electron chi connectivity index (χ3n) is 5.07. The van der Waals surface area contributed by atoms with Gasteiger partial charge in [0.05, 0.1) is 12.3 Å². The van der Waals surface area contributed by atoms with Crippen molar-refractivity contribution >= 4 is 17.7 Å². The number of likely N-dealkylation sites (tertiary alicyclic amines) is 1. The molecule has 2 aromatic rings. The Hall–Kier alpha value is -2.70. The molecule has 6 nitrogen and oxygen atoms in total. The maximum absolute atomic E-state index is 11.0. The van der Waals surface area contributed by atoms with Crippen LogP contribution in [0.4, 0.5) is 5.69 Å². The highest BCUT2D eigenvalue weighted by atomic mass is 16.5. The van der Waals surface area contributed by atoms with Crippen LogP contribution >= 0.6 is 0 Å². The molecule has 0 spiro atoms. The number of nitrogens with zero attached hydrogens (tertiary/aromatic N) is 1. The average molecular weight is 381 g/mol. The van der Waals surface area contributed by atoms with Gasteiger partial charge in [-0.25, -0.2) is 0 Å². The van der Waals surface area contributed by atoms with Crippen molar-refractivity contribution in [3.05, 3.63) is 59.2 Å². The number of benzene rings is 2. The minimum Gasteiger partial charge on any atom is -0.490 e. The molecule has 1 fully saturated rings. The van der Waals surface area contributed by atoms with Crippen LogP contribution in [0.25, 0.3) is 0 Å². The van der Waals surface area contributed by atoms with E-state index in [0.29, 0.717) is 22.5 Å². The molecule has 0 saturated carbocycles. The molecule has 3 rings (SSSR count). The SMILES string of the molecule is COCCN1CCC(Oc2ccc(C(=N)c3cc(C=O)ccc3N)cc2)CC1. The second-order valence-corrected chi connectivity index (χ2v) is 7.02. The number of carbonyl (C=O) groups is 1. The highest BCUT2D eigenvalue weighted by molar-refractivity contribution is 6.14. The van der Waals surface area contributed by atoms with Crippen molar-refractivity contribution in [2.75, 3.05) is 39.1 Å². The Morgan fingerprint density at radius 1 is 1.21 bits per heavy atom. The Kier molecular flexibility index (Phi) is 6.79. The van der Waals surface area contributed by atoms with Crippen molar-refractivity contribution in [2.45, 2.75) is 18.9 Å². The van der Waals surface area contributed by atoms with Gasteiger partial charge in [0.1, 0.15) is 18.1 Å². The summed E-state index contributed by atoms with van der Waals surface area (Å²) in [5, 5.41) is 8.43. The van der Waals surface area contributed by atoms with Gasteiger partial charge in [-0.3, -0.25) is 10.2 Å². The van der Waals surface area contributed by atoms with Gasteiger partial charge in [0.25, 0.3) is 0 Å². The van der Waals surface area contributed by atoms with Gasteiger partial charge in [0.15, 0.2) is 0 Å². The van der Waals surface area contributed by atoms with Crippen LogP contribution in [0.1, 0.15) is 34.3 Å². The lowest BCUT2D eigenvalue weighted by atomic mass is 9.99. The van der Waals surface area contributed by atoms with E-state index in [0.717, 1.165) is 56.7 Å². The van der Waals surface area contributed by atoms with Gasteiger partial charge in [0, 0.05) is 49.1 Å². The fourth-order valence-corrected chi connectivity index (χ4v) is 3.38. The maximum Gasteiger partial charge on any atom is 0.150 e. The third-order valence-corrected chi connectivity index (χ3v) is 5.07. The van der Waals surface area contributed by atoms with E-state index in [4.69, 9.17) is 20.6 Å². The largest absolute Gasteiger partial charge is 0.490 e. The van der Waals surface area contributed by atoms with Crippen LogP contribution in [-0.2, 0) is 4.74 Å². The van der Waals surface area contributed by atoms with Crippen molar-refractivity contribution in [3.63, 3.8) is 0 Å². The number of nitrogens with two attached hydrogens (primary N) is 1. The van der Waals surface area contributed by atoms with E-state index in [1.807, 2.05) is 24.3 Å². The molecule has 1 saturated heterocycles. The van der Waals surface area contributed by atoms with Crippen molar-refractivity contribution in [1.82, 2.24) is 4.90 Å². The number of rotatable bonds is 8. The molecule has 2 aromatic carbocycles. The molecule has 1 aliphatic heterocycles. The Morgan fingerprint density at radius 3 is 2.57 bits per heavy atom. The summed E-state index contributed by atoms with van der Waals surface area (Å²) < 4.78 is 11.2. The van der Waals surface area contributed by atoms with Crippen molar-refractivity contribution < 1.29 is 14.3 Å². The maximum atomic E-state index is 11.0. The highest BCUT2D eigenvalue weighted by Crippen LogP contribution is 2.22. The van der Waals surface area contributed by atoms with E-state index < -0.39 is 0 Å². The molecule has 6 heteroatoms. The summed E-state index contributed by atoms with van der Waals surface area (Å²) in [6.07, 6.45) is 2.96. The quantitative estimate of drug-likeness (QED) is 0.417. The molecule has 0 unspecified atom stereocenters. The van der Waals surface area contributed by atoms with Gasteiger partial charge in [-0.15, -0.1) is 0 Å². The van der Waals surface area contributed by atoms with Gasteiger partial charge < -0.3 is 20.1 Å². The Labute approximate surface area is 165 Å². The summed E-state index contributed by atoms with van der Waals surface area (Å²) in [6, 6.07) is 12.5. The van der Waals surface area contributed by atoms with Crippen molar-refractivity contribution in [1.29, 1.82) is 5.41 Å². The topological polar surface area (TPSA) is 88.6 Å². The summed E-state index contributed by atoms with van der Waals surface area (Å²) in [5.41, 5.74) is 8.55. The molecule has 0 atom stereocenters. The first-order valence-electron chi connectivity index (χ1n) is 9.52. The smallest absolute Gasteiger partial charge is 0.150 e. The summed E-state index contributed by atoms with van der Waals surface area (Å²) in [4.78, 5) is 13.4. The predicted octanol–water partition coefficient (Wildman–Crippen LogP) is 2.99. The lowest BCUT2D eigenvalue weighted by Gasteiger charge is -2.31. The Morgan fingerprint density at radius 2 is 1.93 bits per heavy atom. The van der Waals surface area contributed by atoms with E-state index in [1.165, 1.54) is 0 Å². The molecule has 28 heavy (non-hydrogen) atoms. The number of carbonyl (C=O) groups excluding carboxylic acids is 1. The Bertz CT molecular complexity index is 812. The monoisotopic (exact) mass is 381 g/mol. The average Bonchev–Trinajstić information content (AvgIpc) is 2.74. The molecule has 0 aliphatic carbocycles. The number of aldehydes is 1. The number of methoxy groups -OCH3 is 1. The normalized spacial score (nSPS) is 15.3. The van der Waals surface area contributed by atoms with Crippen LogP contribution < -0.4 is 10.5 Å². The summed E-state index contributed by atoms with van der Waals surface area (Å²) in [6.45, 7) is 3.76. The summed E-state index contributed by atoms with van der Waals surface area (Å²) in [7, 11) is 1.73. The molecular weight excluding hydrogens is 354 g/mol. The lowest BCUT2D eigenvalue weighted by Crippen LogP contribution is -2.39. The number of ether oxygens (including phenoxy) is 2. The lowest BCUT2D eigenvalue weighted by molar-refractivity contribution is 0.0797. The molecule has 0 radical (unpaired) electrons. The van der Waals surface area contributed by atoms with Crippen LogP contribution in [0.15, 0.2) is 42.5 Å². The molecule has 148 valence electrons. The molecule has 1 heterocycles. The second-order valence-electron chi connectivity index (χ2n) is 7.02. The first-order chi connectivity index (χ1) is 13.6. The fourth-order valence-electron chi connectivity index (χ4n) is 3.38. The first kappa shape index (κ1) is 20.0. The molecule has 1 aliphatic rings. The van der Waals surface area contributed by atoms with E-state index in [-0.39, 0.29) is 6.10 Å². The number of anilines is 1. The molecule has 0 bridgehead atoms. The standard InChI is InChI=1S/C22H27N3O3/c1-27-13-12-25-10-8-19(9-11-25)28-18-5-3-17(4-6-18)22(24)20-14-16(15-26)2-7-21(20)23/h2-7,14-15,19,24H,8-13,23H2,1H3. The third kappa shape index (κ3) is 4.97. The van der Waals surface area contributed by atoms with Crippen LogP contribution in [-0.4, -0.2) is 56.4 Å².